The predicted molar refractivity (Wildman–Crippen MR) is 63.1 cm³/mol. The summed E-state index contributed by atoms with van der Waals surface area (Å²) in [6, 6.07) is 0.582. The molecule has 0 saturated carbocycles. The van der Waals surface area contributed by atoms with Crippen LogP contribution in [-0.2, 0) is 0 Å². The lowest BCUT2D eigenvalue weighted by molar-refractivity contribution is 0.0975. The number of aromatic nitrogens is 1. The third-order valence-corrected chi connectivity index (χ3v) is 4.25. The molecule has 0 radical (unpaired) electrons. The molecule has 4 rings (SSSR count). The number of hydrogen-bond donors (Lipinski definition) is 2. The van der Waals surface area contributed by atoms with Crippen molar-refractivity contribution in [1.29, 1.82) is 0 Å². The Balaban J connectivity index is 1.68. The molecule has 1 aromatic heterocycles. The molecule has 1 unspecified atom stereocenters. The van der Waals surface area contributed by atoms with E-state index < -0.39 is 0 Å². The lowest BCUT2D eigenvalue weighted by Gasteiger charge is -2.44. The number of fused-ring (bicyclic) bond motifs is 3. The maximum atomic E-state index is 5.67. The second-order valence-corrected chi connectivity index (χ2v) is 5.52. The van der Waals surface area contributed by atoms with Crippen LogP contribution >= 0.6 is 11.3 Å². The fraction of sp³-hybridized carbons (Fsp3) is 0.700. The van der Waals surface area contributed by atoms with E-state index in [9.17, 15) is 0 Å². The highest BCUT2D eigenvalue weighted by atomic mass is 32.1. The van der Waals surface area contributed by atoms with Crippen molar-refractivity contribution in [2.45, 2.75) is 18.9 Å². The second-order valence-electron chi connectivity index (χ2n) is 4.46. The number of thiazole rings is 1. The van der Waals surface area contributed by atoms with Crippen LogP contribution in [-0.4, -0.2) is 35.6 Å². The predicted octanol–water partition coefficient (Wildman–Crippen LogP) is 1.23. The highest BCUT2D eigenvalue weighted by molar-refractivity contribution is 7.19. The van der Waals surface area contributed by atoms with Crippen molar-refractivity contribution in [2.24, 2.45) is 5.92 Å². The summed E-state index contributed by atoms with van der Waals surface area (Å²) in [4.78, 5) is 6.79. The molecule has 5 heteroatoms. The van der Waals surface area contributed by atoms with E-state index in [1.165, 1.54) is 32.5 Å². The summed E-state index contributed by atoms with van der Waals surface area (Å²) >= 11 is 1.55. The summed E-state index contributed by atoms with van der Waals surface area (Å²) in [6.07, 6.45) is 4.39. The Morgan fingerprint density at radius 3 is 2.80 bits per heavy atom. The Morgan fingerprint density at radius 1 is 1.47 bits per heavy atom. The topological polar surface area (TPSA) is 54.2 Å². The highest BCUT2D eigenvalue weighted by Crippen LogP contribution is 2.31. The number of nitrogens with two attached hydrogens (primary N) is 1. The van der Waals surface area contributed by atoms with E-state index in [2.05, 4.69) is 15.2 Å². The molecule has 3 aliphatic rings. The number of hydrogen-bond acceptors (Lipinski definition) is 5. The zero-order valence-electron chi connectivity index (χ0n) is 8.65. The molecule has 1 aromatic rings. The second kappa shape index (κ2) is 3.64. The molecule has 3 saturated heterocycles. The van der Waals surface area contributed by atoms with Gasteiger partial charge in [-0.1, -0.05) is 11.3 Å². The minimum Gasteiger partial charge on any atom is -0.389 e. The van der Waals surface area contributed by atoms with Crippen molar-refractivity contribution in [3.63, 3.8) is 0 Å². The molecule has 3 aliphatic heterocycles. The van der Waals surface area contributed by atoms with Gasteiger partial charge < -0.3 is 16.0 Å². The van der Waals surface area contributed by atoms with Crippen LogP contribution in [0.4, 0.5) is 10.1 Å². The Bertz CT molecular complexity index is 343. The summed E-state index contributed by atoms with van der Waals surface area (Å²) in [6.45, 7) is 3.73. The molecule has 82 valence electrons. The van der Waals surface area contributed by atoms with E-state index in [0.717, 1.165) is 16.1 Å². The third-order valence-electron chi connectivity index (χ3n) is 3.49. The summed E-state index contributed by atoms with van der Waals surface area (Å²) in [5, 5.41) is 5.29. The number of anilines is 2. The first-order chi connectivity index (χ1) is 7.31. The van der Waals surface area contributed by atoms with E-state index in [1.54, 1.807) is 17.5 Å². The number of nitrogens with one attached hydrogen (secondary N) is 1. The minimum atomic E-state index is 0.582. The van der Waals surface area contributed by atoms with Gasteiger partial charge in [0.2, 0.25) is 0 Å². The van der Waals surface area contributed by atoms with Gasteiger partial charge in [-0.05, 0) is 31.8 Å². The number of nitrogen functional groups attached to an aromatic ring is 1. The maximum absolute atomic E-state index is 5.67. The van der Waals surface area contributed by atoms with Gasteiger partial charge in [-0.15, -0.1) is 0 Å². The number of piperidine rings is 3. The largest absolute Gasteiger partial charge is 0.389 e. The van der Waals surface area contributed by atoms with Gasteiger partial charge in [0.25, 0.3) is 0 Å². The number of nitrogens with zero attached hydrogens (tertiary/aromatic N) is 2. The maximum Gasteiger partial charge on any atom is 0.184 e. The van der Waals surface area contributed by atoms with E-state index in [1.807, 2.05) is 0 Å². The van der Waals surface area contributed by atoms with Crippen molar-refractivity contribution in [3.8, 4) is 0 Å². The Hall–Kier alpha value is -0.810. The molecule has 1 atom stereocenters. The van der Waals surface area contributed by atoms with Crippen LogP contribution in [0.25, 0.3) is 0 Å². The zero-order chi connectivity index (χ0) is 10.3. The van der Waals surface area contributed by atoms with Gasteiger partial charge in [0.1, 0.15) is 5.00 Å². The molecule has 0 aliphatic carbocycles. The molecule has 15 heavy (non-hydrogen) atoms. The van der Waals surface area contributed by atoms with Crippen LogP contribution < -0.4 is 11.1 Å². The summed E-state index contributed by atoms with van der Waals surface area (Å²) in [5.74, 6) is 0.833. The highest BCUT2D eigenvalue weighted by Gasteiger charge is 2.34. The van der Waals surface area contributed by atoms with E-state index in [-0.39, 0.29) is 0 Å². The van der Waals surface area contributed by atoms with Crippen LogP contribution in [0.3, 0.4) is 0 Å². The first-order valence-electron chi connectivity index (χ1n) is 5.51. The van der Waals surface area contributed by atoms with Gasteiger partial charge in [0.05, 0.1) is 6.20 Å². The van der Waals surface area contributed by atoms with Crippen molar-refractivity contribution < 1.29 is 0 Å². The van der Waals surface area contributed by atoms with Crippen molar-refractivity contribution in [2.75, 3.05) is 30.7 Å². The van der Waals surface area contributed by atoms with E-state index >= 15 is 0 Å². The molecule has 0 spiro atoms. The smallest absolute Gasteiger partial charge is 0.184 e. The first-order valence-corrected chi connectivity index (χ1v) is 6.33. The van der Waals surface area contributed by atoms with E-state index in [0.29, 0.717) is 6.04 Å². The Kier molecular flexibility index (Phi) is 2.29. The van der Waals surface area contributed by atoms with Crippen molar-refractivity contribution >= 4 is 21.5 Å². The van der Waals surface area contributed by atoms with Gasteiger partial charge in [0.15, 0.2) is 5.13 Å². The fourth-order valence-electron chi connectivity index (χ4n) is 2.64. The molecule has 0 amide bonds. The van der Waals surface area contributed by atoms with E-state index in [4.69, 9.17) is 5.73 Å². The van der Waals surface area contributed by atoms with Crippen molar-refractivity contribution in [3.05, 3.63) is 6.20 Å². The molecular formula is C10H16N4S. The third kappa shape index (κ3) is 1.81. The van der Waals surface area contributed by atoms with Crippen LogP contribution in [0, 0.1) is 5.92 Å². The Labute approximate surface area is 93.5 Å². The molecule has 3 fully saturated rings. The zero-order valence-corrected chi connectivity index (χ0v) is 9.46. The van der Waals surface area contributed by atoms with Gasteiger partial charge in [-0.2, -0.15) is 0 Å². The average molecular weight is 224 g/mol. The molecule has 3 N–H and O–H groups in total. The summed E-state index contributed by atoms with van der Waals surface area (Å²) in [5.41, 5.74) is 5.67. The van der Waals surface area contributed by atoms with Crippen LogP contribution in [0.5, 0.6) is 0 Å². The standard InChI is InChI=1S/C10H16N4S/c11-9-5-12-10(15-9)13-8-6-14-3-1-7(8)2-4-14/h5,7-8H,1-4,6,11H2,(H,12,13). The molecule has 2 bridgehead atoms. The fourth-order valence-corrected chi connectivity index (χ4v) is 3.28. The van der Waals surface area contributed by atoms with Crippen molar-refractivity contribution in [1.82, 2.24) is 9.88 Å². The average Bonchev–Trinajstić information content (AvgIpc) is 2.66. The SMILES string of the molecule is Nc1cnc(NC2CN3CCC2CC3)s1. The quantitative estimate of drug-likeness (QED) is 0.793. The van der Waals surface area contributed by atoms with Gasteiger partial charge in [-0.25, -0.2) is 4.98 Å². The normalized spacial score (nSPS) is 34.3. The molecule has 4 heterocycles. The molecular weight excluding hydrogens is 208 g/mol. The monoisotopic (exact) mass is 224 g/mol. The Morgan fingerprint density at radius 2 is 2.27 bits per heavy atom. The van der Waals surface area contributed by atoms with Crippen LogP contribution in [0.1, 0.15) is 12.8 Å². The summed E-state index contributed by atoms with van der Waals surface area (Å²) in [7, 11) is 0. The lowest BCUT2D eigenvalue weighted by Crippen LogP contribution is -2.53. The van der Waals surface area contributed by atoms with Crippen LogP contribution in [0.2, 0.25) is 0 Å². The first kappa shape index (κ1) is 9.42. The van der Waals surface area contributed by atoms with Gasteiger partial charge >= 0.3 is 0 Å². The van der Waals surface area contributed by atoms with Gasteiger partial charge in [-0.3, -0.25) is 0 Å². The molecule has 4 nitrogen and oxygen atoms in total. The lowest BCUT2D eigenvalue weighted by atomic mass is 9.84. The van der Waals surface area contributed by atoms with Crippen LogP contribution in [0.15, 0.2) is 6.20 Å². The minimum absolute atomic E-state index is 0.582. The summed E-state index contributed by atoms with van der Waals surface area (Å²) < 4.78 is 0. The number of rotatable bonds is 2. The van der Waals surface area contributed by atoms with Gasteiger partial charge in [0, 0.05) is 12.6 Å². The molecule has 0 aromatic carbocycles.